The summed E-state index contributed by atoms with van der Waals surface area (Å²) in [4.78, 5) is 0. The second-order valence-electron chi connectivity index (χ2n) is 4.91. The van der Waals surface area contributed by atoms with E-state index in [-0.39, 0.29) is 11.4 Å². The van der Waals surface area contributed by atoms with Gasteiger partial charge in [-0.15, -0.1) is 15.3 Å². The largest absolute Gasteiger partial charge is 0.473 e. The van der Waals surface area contributed by atoms with Gasteiger partial charge in [0.15, 0.2) is 5.65 Å². The fourth-order valence-electron chi connectivity index (χ4n) is 2.33. The third-order valence-corrected chi connectivity index (χ3v) is 3.69. The number of hydrogen-bond donors (Lipinski definition) is 0. The van der Waals surface area contributed by atoms with Crippen LogP contribution >= 0.6 is 11.6 Å². The summed E-state index contributed by atoms with van der Waals surface area (Å²) in [5.41, 5.74) is 0.629. The molecule has 2 heterocycles. The second-order valence-corrected chi connectivity index (χ2v) is 5.25. The summed E-state index contributed by atoms with van der Waals surface area (Å²) >= 11 is 5.88. The fraction of sp³-hybridized carbons (Fsp3) is 0.583. The summed E-state index contributed by atoms with van der Waals surface area (Å²) in [7, 11) is 0. The van der Waals surface area contributed by atoms with Crippen molar-refractivity contribution in [3.8, 4) is 5.88 Å². The van der Waals surface area contributed by atoms with E-state index in [1.807, 2.05) is 12.1 Å². The minimum Gasteiger partial charge on any atom is -0.473 e. The number of nitrogens with zero attached hydrogens (tertiary/aromatic N) is 4. The lowest BCUT2D eigenvalue weighted by molar-refractivity contribution is 0.128. The van der Waals surface area contributed by atoms with Crippen LogP contribution in [-0.4, -0.2) is 25.9 Å². The topological polar surface area (TPSA) is 52.3 Å². The van der Waals surface area contributed by atoms with E-state index < -0.39 is 0 Å². The summed E-state index contributed by atoms with van der Waals surface area (Å²) in [6, 6.07) is 3.63. The first-order chi connectivity index (χ1) is 8.72. The molecule has 0 aliphatic heterocycles. The Kier molecular flexibility index (Phi) is 3.07. The van der Waals surface area contributed by atoms with Gasteiger partial charge in [0.2, 0.25) is 11.2 Å². The van der Waals surface area contributed by atoms with Gasteiger partial charge in [-0.2, -0.15) is 4.52 Å². The van der Waals surface area contributed by atoms with Gasteiger partial charge in [-0.05, 0) is 49.3 Å². The molecular weight excluding hydrogens is 252 g/mol. The van der Waals surface area contributed by atoms with Crippen molar-refractivity contribution in [2.24, 2.45) is 5.92 Å². The summed E-state index contributed by atoms with van der Waals surface area (Å²) in [5.74, 6) is 1.40. The molecule has 5 nitrogen and oxygen atoms in total. The minimum atomic E-state index is 0.257. The highest BCUT2D eigenvalue weighted by atomic mass is 35.5. The summed E-state index contributed by atoms with van der Waals surface area (Å²) in [5, 5.41) is 12.2. The smallest absolute Gasteiger partial charge is 0.246 e. The van der Waals surface area contributed by atoms with Crippen molar-refractivity contribution in [3.05, 3.63) is 17.4 Å². The predicted octanol–water partition coefficient (Wildman–Crippen LogP) is 2.74. The second kappa shape index (κ2) is 4.72. The van der Waals surface area contributed by atoms with E-state index in [0.29, 0.717) is 11.5 Å². The van der Waals surface area contributed by atoms with E-state index in [0.717, 1.165) is 18.8 Å². The van der Waals surface area contributed by atoms with Crippen molar-refractivity contribution in [2.75, 3.05) is 0 Å². The van der Waals surface area contributed by atoms with Crippen molar-refractivity contribution in [3.63, 3.8) is 0 Å². The Balaban J connectivity index is 1.76. The van der Waals surface area contributed by atoms with Crippen molar-refractivity contribution >= 4 is 17.2 Å². The van der Waals surface area contributed by atoms with Crippen molar-refractivity contribution in [1.29, 1.82) is 0 Å². The Morgan fingerprint density at radius 1 is 1.22 bits per heavy atom. The Hall–Kier alpha value is -1.36. The molecule has 0 aromatic carbocycles. The van der Waals surface area contributed by atoms with Crippen molar-refractivity contribution in [2.45, 2.75) is 38.7 Å². The third kappa shape index (κ3) is 2.27. The molecule has 1 fully saturated rings. The van der Waals surface area contributed by atoms with E-state index in [1.165, 1.54) is 17.4 Å². The van der Waals surface area contributed by atoms with Gasteiger partial charge in [-0.3, -0.25) is 0 Å². The zero-order chi connectivity index (χ0) is 12.5. The first-order valence-electron chi connectivity index (χ1n) is 6.27. The Morgan fingerprint density at radius 3 is 2.78 bits per heavy atom. The molecule has 0 atom stereocenters. The van der Waals surface area contributed by atoms with Crippen LogP contribution in [0.15, 0.2) is 12.1 Å². The average Bonchev–Trinajstić information content (AvgIpc) is 2.74. The van der Waals surface area contributed by atoms with Gasteiger partial charge in [0, 0.05) is 6.07 Å². The lowest BCUT2D eigenvalue weighted by Crippen LogP contribution is -2.23. The van der Waals surface area contributed by atoms with E-state index in [2.05, 4.69) is 22.2 Å². The molecule has 18 heavy (non-hydrogen) atoms. The maximum absolute atomic E-state index is 5.89. The Morgan fingerprint density at radius 2 is 2.00 bits per heavy atom. The molecule has 0 radical (unpaired) electrons. The SMILES string of the molecule is CC1CCC(Oc2ccc3nnc(Cl)n3n2)CC1. The number of rotatable bonds is 2. The quantitative estimate of drug-likeness (QED) is 0.839. The third-order valence-electron chi connectivity index (χ3n) is 3.45. The van der Waals surface area contributed by atoms with E-state index in [1.54, 1.807) is 0 Å². The van der Waals surface area contributed by atoms with Crippen molar-refractivity contribution < 1.29 is 4.74 Å². The molecule has 6 heteroatoms. The molecule has 2 aromatic rings. The van der Waals surface area contributed by atoms with Crippen LogP contribution in [0.1, 0.15) is 32.6 Å². The van der Waals surface area contributed by atoms with Gasteiger partial charge in [-0.1, -0.05) is 6.92 Å². The highest BCUT2D eigenvalue weighted by Gasteiger charge is 2.20. The first-order valence-corrected chi connectivity index (χ1v) is 6.65. The standard InChI is InChI=1S/C12H15ClN4O/c1-8-2-4-9(5-3-8)18-11-7-6-10-14-15-12(13)17(10)16-11/h6-9H,2-5H2,1H3. The highest BCUT2D eigenvalue weighted by molar-refractivity contribution is 6.28. The van der Waals surface area contributed by atoms with Crippen LogP contribution in [0.2, 0.25) is 5.28 Å². The molecule has 3 rings (SSSR count). The molecule has 0 amide bonds. The predicted molar refractivity (Wildman–Crippen MR) is 67.8 cm³/mol. The van der Waals surface area contributed by atoms with Crippen LogP contribution in [-0.2, 0) is 0 Å². The summed E-state index contributed by atoms with van der Waals surface area (Å²) < 4.78 is 7.38. The highest BCUT2D eigenvalue weighted by Crippen LogP contribution is 2.26. The normalized spacial score (nSPS) is 24.3. The van der Waals surface area contributed by atoms with Crippen LogP contribution in [0, 0.1) is 5.92 Å². The number of hydrogen-bond acceptors (Lipinski definition) is 4. The molecule has 2 aromatic heterocycles. The maximum Gasteiger partial charge on any atom is 0.246 e. The molecule has 0 unspecified atom stereocenters. The monoisotopic (exact) mass is 266 g/mol. The van der Waals surface area contributed by atoms with E-state index in [4.69, 9.17) is 16.3 Å². The van der Waals surface area contributed by atoms with Gasteiger partial charge < -0.3 is 4.74 Å². The van der Waals surface area contributed by atoms with Crippen LogP contribution in [0.25, 0.3) is 5.65 Å². The number of ether oxygens (including phenoxy) is 1. The Labute approximate surface area is 110 Å². The lowest BCUT2D eigenvalue weighted by atomic mass is 9.89. The van der Waals surface area contributed by atoms with Crippen LogP contribution < -0.4 is 4.74 Å². The van der Waals surface area contributed by atoms with Crippen molar-refractivity contribution in [1.82, 2.24) is 19.8 Å². The Bertz CT molecular complexity index is 548. The van der Waals surface area contributed by atoms with Gasteiger partial charge in [0.1, 0.15) is 6.10 Å². The maximum atomic E-state index is 5.89. The molecule has 0 spiro atoms. The zero-order valence-corrected chi connectivity index (χ0v) is 11.0. The van der Waals surface area contributed by atoms with Crippen LogP contribution in [0.4, 0.5) is 0 Å². The number of halogens is 1. The average molecular weight is 267 g/mol. The van der Waals surface area contributed by atoms with Gasteiger partial charge >= 0.3 is 0 Å². The number of aromatic nitrogens is 4. The van der Waals surface area contributed by atoms with Gasteiger partial charge in [-0.25, -0.2) is 0 Å². The molecular formula is C12H15ClN4O. The van der Waals surface area contributed by atoms with Gasteiger partial charge in [0.25, 0.3) is 0 Å². The minimum absolute atomic E-state index is 0.257. The van der Waals surface area contributed by atoms with Crippen LogP contribution in [0.3, 0.4) is 0 Å². The molecule has 96 valence electrons. The summed E-state index contributed by atoms with van der Waals surface area (Å²) in [6.45, 7) is 2.29. The molecule has 0 bridgehead atoms. The van der Waals surface area contributed by atoms with E-state index >= 15 is 0 Å². The lowest BCUT2D eigenvalue weighted by Gasteiger charge is -2.26. The fourth-order valence-corrected chi connectivity index (χ4v) is 2.49. The summed E-state index contributed by atoms with van der Waals surface area (Å²) in [6.07, 6.45) is 4.90. The van der Waals surface area contributed by atoms with E-state index in [9.17, 15) is 0 Å². The molecule has 1 aliphatic carbocycles. The molecule has 0 saturated heterocycles. The van der Waals surface area contributed by atoms with Gasteiger partial charge in [0.05, 0.1) is 0 Å². The molecule has 1 saturated carbocycles. The first kappa shape index (κ1) is 11.7. The molecule has 0 N–H and O–H groups in total. The molecule has 1 aliphatic rings. The number of fused-ring (bicyclic) bond motifs is 1. The van der Waals surface area contributed by atoms with Crippen LogP contribution in [0.5, 0.6) is 5.88 Å². The zero-order valence-electron chi connectivity index (χ0n) is 10.2.